The number of ether oxygens (including phenoxy) is 1. The van der Waals surface area contributed by atoms with Gasteiger partial charge in [-0.3, -0.25) is 10.1 Å². The largest absolute Gasteiger partial charge is 0.457 e. The van der Waals surface area contributed by atoms with Crippen molar-refractivity contribution in [3.63, 3.8) is 0 Å². The predicted octanol–water partition coefficient (Wildman–Crippen LogP) is 4.56. The van der Waals surface area contributed by atoms with Gasteiger partial charge in [0, 0.05) is 22.1 Å². The average molecular weight is 351 g/mol. The number of halogens is 1. The molecule has 0 aliphatic heterocycles. The molecular formula is C15H15BrN2O3. The van der Waals surface area contributed by atoms with Crippen molar-refractivity contribution in [3.05, 3.63) is 62.6 Å². The van der Waals surface area contributed by atoms with E-state index in [-0.39, 0.29) is 11.7 Å². The predicted molar refractivity (Wildman–Crippen MR) is 84.5 cm³/mol. The molecule has 2 aromatic rings. The highest BCUT2D eigenvalue weighted by atomic mass is 79.9. The van der Waals surface area contributed by atoms with E-state index in [0.717, 1.165) is 12.0 Å². The van der Waals surface area contributed by atoms with Crippen LogP contribution in [0.2, 0.25) is 0 Å². The number of para-hydroxylation sites is 1. The Morgan fingerprint density at radius 3 is 2.71 bits per heavy atom. The van der Waals surface area contributed by atoms with Gasteiger partial charge in [0.2, 0.25) is 0 Å². The average Bonchev–Trinajstić information content (AvgIpc) is 2.46. The van der Waals surface area contributed by atoms with Gasteiger partial charge in [0.25, 0.3) is 5.69 Å². The van der Waals surface area contributed by atoms with E-state index in [2.05, 4.69) is 15.9 Å². The van der Waals surface area contributed by atoms with Crippen molar-refractivity contribution in [1.29, 1.82) is 0 Å². The molecule has 0 unspecified atom stereocenters. The normalized spacial score (nSPS) is 12.0. The molecule has 21 heavy (non-hydrogen) atoms. The maximum Gasteiger partial charge on any atom is 0.274 e. The zero-order valence-electron chi connectivity index (χ0n) is 11.5. The van der Waals surface area contributed by atoms with E-state index in [1.807, 2.05) is 25.1 Å². The monoisotopic (exact) mass is 350 g/mol. The maximum atomic E-state index is 10.9. The van der Waals surface area contributed by atoms with Crippen LogP contribution in [0.4, 0.5) is 5.69 Å². The number of non-ortho nitro benzene ring substituents is 1. The maximum absolute atomic E-state index is 10.9. The first kappa shape index (κ1) is 15.5. The van der Waals surface area contributed by atoms with Gasteiger partial charge in [0.05, 0.1) is 11.0 Å². The van der Waals surface area contributed by atoms with Gasteiger partial charge in [-0.1, -0.05) is 41.1 Å². The molecule has 0 heterocycles. The van der Waals surface area contributed by atoms with Crippen LogP contribution >= 0.6 is 15.9 Å². The first-order valence-electron chi connectivity index (χ1n) is 6.48. The van der Waals surface area contributed by atoms with E-state index >= 15 is 0 Å². The standard InChI is InChI=1S/C15H15BrN2O3/c1-2-14(17)13-5-3-4-6-15(13)21-12-8-10(16)7-11(9-12)18(19)20/h3-9,14H,2,17H2,1H3/t14-/m1/s1. The van der Waals surface area contributed by atoms with E-state index in [9.17, 15) is 10.1 Å². The number of nitrogens with zero attached hydrogens (tertiary/aromatic N) is 1. The van der Waals surface area contributed by atoms with Crippen molar-refractivity contribution in [2.75, 3.05) is 0 Å². The van der Waals surface area contributed by atoms with Crippen molar-refractivity contribution in [2.45, 2.75) is 19.4 Å². The molecule has 0 radical (unpaired) electrons. The molecule has 5 nitrogen and oxygen atoms in total. The Hall–Kier alpha value is -1.92. The van der Waals surface area contributed by atoms with Gasteiger partial charge < -0.3 is 10.5 Å². The van der Waals surface area contributed by atoms with Crippen LogP contribution in [0.5, 0.6) is 11.5 Å². The van der Waals surface area contributed by atoms with Crippen molar-refractivity contribution in [3.8, 4) is 11.5 Å². The van der Waals surface area contributed by atoms with Crippen LogP contribution in [0.1, 0.15) is 24.9 Å². The molecule has 0 bridgehead atoms. The van der Waals surface area contributed by atoms with Gasteiger partial charge in [-0.15, -0.1) is 0 Å². The zero-order valence-corrected chi connectivity index (χ0v) is 13.0. The molecule has 2 rings (SSSR count). The molecule has 0 saturated carbocycles. The first-order chi connectivity index (χ1) is 10.0. The minimum absolute atomic E-state index is 0.0309. The summed E-state index contributed by atoms with van der Waals surface area (Å²) in [7, 11) is 0. The van der Waals surface area contributed by atoms with E-state index in [4.69, 9.17) is 10.5 Å². The molecule has 110 valence electrons. The van der Waals surface area contributed by atoms with Gasteiger partial charge >= 0.3 is 0 Å². The topological polar surface area (TPSA) is 78.4 Å². The van der Waals surface area contributed by atoms with E-state index < -0.39 is 4.92 Å². The van der Waals surface area contributed by atoms with Crippen molar-refractivity contribution in [2.24, 2.45) is 5.73 Å². The lowest BCUT2D eigenvalue weighted by Crippen LogP contribution is -2.09. The molecule has 2 N–H and O–H groups in total. The summed E-state index contributed by atoms with van der Waals surface area (Å²) in [4.78, 5) is 10.4. The molecule has 0 fully saturated rings. The summed E-state index contributed by atoms with van der Waals surface area (Å²) in [6.07, 6.45) is 0.777. The fourth-order valence-electron chi connectivity index (χ4n) is 1.94. The zero-order chi connectivity index (χ0) is 15.4. The molecule has 0 aliphatic carbocycles. The minimum atomic E-state index is -0.457. The third-order valence-electron chi connectivity index (χ3n) is 3.05. The summed E-state index contributed by atoms with van der Waals surface area (Å²) in [6, 6.07) is 11.8. The number of nitrogens with two attached hydrogens (primary N) is 1. The van der Waals surface area contributed by atoms with Gasteiger partial charge in [-0.2, -0.15) is 0 Å². The molecular weight excluding hydrogens is 336 g/mol. The molecule has 0 amide bonds. The summed E-state index contributed by atoms with van der Waals surface area (Å²) in [5, 5.41) is 10.9. The third-order valence-corrected chi connectivity index (χ3v) is 3.51. The molecule has 6 heteroatoms. The number of hydrogen-bond donors (Lipinski definition) is 1. The van der Waals surface area contributed by atoms with Gasteiger partial charge in [-0.25, -0.2) is 0 Å². The van der Waals surface area contributed by atoms with Crippen molar-refractivity contribution >= 4 is 21.6 Å². The fraction of sp³-hybridized carbons (Fsp3) is 0.200. The first-order valence-corrected chi connectivity index (χ1v) is 7.28. The Labute approximate surface area is 131 Å². The molecule has 0 spiro atoms. The Kier molecular flexibility index (Phi) is 4.93. The Balaban J connectivity index is 2.36. The van der Waals surface area contributed by atoms with Crippen LogP contribution in [0.3, 0.4) is 0 Å². The molecule has 0 aromatic heterocycles. The second-order valence-corrected chi connectivity index (χ2v) is 5.47. The lowest BCUT2D eigenvalue weighted by atomic mass is 10.0. The number of benzene rings is 2. The van der Waals surface area contributed by atoms with Crippen LogP contribution < -0.4 is 10.5 Å². The number of nitro benzene ring substituents is 1. The van der Waals surface area contributed by atoms with Crippen LogP contribution in [-0.2, 0) is 0 Å². The highest BCUT2D eigenvalue weighted by Crippen LogP contribution is 2.33. The lowest BCUT2D eigenvalue weighted by Gasteiger charge is -2.15. The number of nitro groups is 1. The summed E-state index contributed by atoms with van der Waals surface area (Å²) in [5.41, 5.74) is 6.91. The smallest absolute Gasteiger partial charge is 0.274 e. The summed E-state index contributed by atoms with van der Waals surface area (Å²) in [6.45, 7) is 1.99. The number of rotatable bonds is 5. The summed E-state index contributed by atoms with van der Waals surface area (Å²) < 4.78 is 6.38. The van der Waals surface area contributed by atoms with Crippen LogP contribution in [0, 0.1) is 10.1 Å². The van der Waals surface area contributed by atoms with Crippen LogP contribution in [-0.4, -0.2) is 4.92 Å². The van der Waals surface area contributed by atoms with E-state index in [1.165, 1.54) is 12.1 Å². The fourth-order valence-corrected chi connectivity index (χ4v) is 2.40. The molecule has 0 aliphatic rings. The van der Waals surface area contributed by atoms with E-state index in [0.29, 0.717) is 16.0 Å². The van der Waals surface area contributed by atoms with Crippen LogP contribution in [0.25, 0.3) is 0 Å². The van der Waals surface area contributed by atoms with Crippen molar-refractivity contribution in [1.82, 2.24) is 0 Å². The second kappa shape index (κ2) is 6.69. The van der Waals surface area contributed by atoms with Gasteiger partial charge in [-0.05, 0) is 18.6 Å². The number of hydrogen-bond acceptors (Lipinski definition) is 4. The Morgan fingerprint density at radius 2 is 2.05 bits per heavy atom. The SMILES string of the molecule is CC[C@@H](N)c1ccccc1Oc1cc(Br)cc([N+](=O)[O-])c1. The Morgan fingerprint density at radius 1 is 1.33 bits per heavy atom. The van der Waals surface area contributed by atoms with Crippen LogP contribution in [0.15, 0.2) is 46.9 Å². The highest BCUT2D eigenvalue weighted by molar-refractivity contribution is 9.10. The van der Waals surface area contributed by atoms with Gasteiger partial charge in [0.15, 0.2) is 0 Å². The second-order valence-electron chi connectivity index (χ2n) is 4.56. The molecule has 1 atom stereocenters. The highest BCUT2D eigenvalue weighted by Gasteiger charge is 2.13. The van der Waals surface area contributed by atoms with Crippen molar-refractivity contribution < 1.29 is 9.66 Å². The Bertz CT molecular complexity index is 661. The third kappa shape index (κ3) is 3.80. The molecule has 2 aromatic carbocycles. The van der Waals surface area contributed by atoms with Gasteiger partial charge in [0.1, 0.15) is 11.5 Å². The lowest BCUT2D eigenvalue weighted by molar-refractivity contribution is -0.385. The van der Waals surface area contributed by atoms with E-state index in [1.54, 1.807) is 12.1 Å². The summed E-state index contributed by atoms with van der Waals surface area (Å²) >= 11 is 3.25. The quantitative estimate of drug-likeness (QED) is 0.633. The minimum Gasteiger partial charge on any atom is -0.457 e. The molecule has 0 saturated heterocycles. The summed E-state index contributed by atoms with van der Waals surface area (Å²) in [5.74, 6) is 1.01.